The zero-order chi connectivity index (χ0) is 14.4. The third kappa shape index (κ3) is 4.03. The maximum atomic E-state index is 11.9. The van der Waals surface area contributed by atoms with E-state index in [9.17, 15) is 4.79 Å². The molecule has 0 saturated heterocycles. The highest BCUT2D eigenvalue weighted by atomic mass is 32.2. The molecule has 0 aliphatic carbocycles. The summed E-state index contributed by atoms with van der Waals surface area (Å²) < 4.78 is 5.16. The second-order valence-corrected chi connectivity index (χ2v) is 5.38. The number of aryl methyl sites for hydroxylation is 1. The molecule has 0 aliphatic rings. The fourth-order valence-corrected chi connectivity index (χ4v) is 2.48. The summed E-state index contributed by atoms with van der Waals surface area (Å²) in [6.07, 6.45) is 0. The van der Waals surface area contributed by atoms with Gasteiger partial charge in [0.25, 0.3) is 0 Å². The van der Waals surface area contributed by atoms with E-state index in [4.69, 9.17) is 4.74 Å². The van der Waals surface area contributed by atoms with Gasteiger partial charge in [-0.15, -0.1) is 11.8 Å². The molecule has 2 rings (SSSR count). The standard InChI is InChI=1S/C16H17NO2S/c1-12-6-3-4-9-15(12)17-16(18)11-20-14-8-5-7-13(10-14)19-2/h3-10H,11H2,1-2H3,(H,17,18). The minimum absolute atomic E-state index is 0.00730. The maximum absolute atomic E-state index is 11.9. The topological polar surface area (TPSA) is 38.3 Å². The van der Waals surface area contributed by atoms with Gasteiger partial charge in [-0.2, -0.15) is 0 Å². The molecule has 2 aromatic rings. The molecule has 104 valence electrons. The summed E-state index contributed by atoms with van der Waals surface area (Å²) in [5.41, 5.74) is 1.93. The first-order valence-corrected chi connectivity index (χ1v) is 7.30. The van der Waals surface area contributed by atoms with Gasteiger partial charge in [-0.05, 0) is 36.8 Å². The van der Waals surface area contributed by atoms with Crippen molar-refractivity contribution in [3.05, 3.63) is 54.1 Å². The Kier molecular flexibility index (Phi) is 5.07. The van der Waals surface area contributed by atoms with E-state index in [0.29, 0.717) is 5.75 Å². The van der Waals surface area contributed by atoms with Crippen molar-refractivity contribution in [3.8, 4) is 5.75 Å². The predicted octanol–water partition coefficient (Wildman–Crippen LogP) is 3.73. The number of ether oxygens (including phenoxy) is 1. The van der Waals surface area contributed by atoms with Crippen molar-refractivity contribution in [1.29, 1.82) is 0 Å². The van der Waals surface area contributed by atoms with Crippen molar-refractivity contribution in [2.45, 2.75) is 11.8 Å². The number of para-hydroxylation sites is 1. The fraction of sp³-hybridized carbons (Fsp3) is 0.188. The Morgan fingerprint density at radius 1 is 1.20 bits per heavy atom. The van der Waals surface area contributed by atoms with Crippen LogP contribution in [0.25, 0.3) is 0 Å². The lowest BCUT2D eigenvalue weighted by Crippen LogP contribution is -2.14. The first-order valence-electron chi connectivity index (χ1n) is 6.31. The summed E-state index contributed by atoms with van der Waals surface area (Å²) in [7, 11) is 1.63. The quantitative estimate of drug-likeness (QED) is 0.851. The van der Waals surface area contributed by atoms with Crippen molar-refractivity contribution in [2.24, 2.45) is 0 Å². The summed E-state index contributed by atoms with van der Waals surface area (Å²) in [6, 6.07) is 15.4. The Labute approximate surface area is 123 Å². The summed E-state index contributed by atoms with van der Waals surface area (Å²) in [5.74, 6) is 1.17. The van der Waals surface area contributed by atoms with Crippen LogP contribution in [0.15, 0.2) is 53.4 Å². The largest absolute Gasteiger partial charge is 0.497 e. The number of rotatable bonds is 5. The van der Waals surface area contributed by atoms with Crippen LogP contribution in [0.1, 0.15) is 5.56 Å². The van der Waals surface area contributed by atoms with Crippen LogP contribution in [-0.4, -0.2) is 18.8 Å². The molecule has 0 saturated carbocycles. The van der Waals surface area contributed by atoms with Crippen molar-refractivity contribution in [3.63, 3.8) is 0 Å². The Morgan fingerprint density at radius 3 is 2.75 bits per heavy atom. The van der Waals surface area contributed by atoms with Gasteiger partial charge in [0.15, 0.2) is 0 Å². The van der Waals surface area contributed by atoms with Gasteiger partial charge in [0.1, 0.15) is 5.75 Å². The minimum atomic E-state index is -0.00730. The van der Waals surface area contributed by atoms with Gasteiger partial charge in [-0.25, -0.2) is 0 Å². The fourth-order valence-electron chi connectivity index (χ4n) is 1.74. The molecular formula is C16H17NO2S. The first kappa shape index (κ1) is 14.5. The van der Waals surface area contributed by atoms with Gasteiger partial charge < -0.3 is 10.1 Å². The van der Waals surface area contributed by atoms with Crippen molar-refractivity contribution < 1.29 is 9.53 Å². The van der Waals surface area contributed by atoms with Crippen molar-refractivity contribution in [2.75, 3.05) is 18.2 Å². The number of amides is 1. The smallest absolute Gasteiger partial charge is 0.234 e. The van der Waals surface area contributed by atoms with Crippen LogP contribution in [-0.2, 0) is 4.79 Å². The Bertz CT molecular complexity index is 599. The number of thioether (sulfide) groups is 1. The van der Waals surface area contributed by atoms with Gasteiger partial charge in [-0.3, -0.25) is 4.79 Å². The van der Waals surface area contributed by atoms with E-state index >= 15 is 0 Å². The molecule has 3 nitrogen and oxygen atoms in total. The molecular weight excluding hydrogens is 270 g/mol. The van der Waals surface area contributed by atoms with E-state index in [1.54, 1.807) is 7.11 Å². The molecule has 0 spiro atoms. The molecule has 0 heterocycles. The zero-order valence-corrected chi connectivity index (χ0v) is 12.4. The van der Waals surface area contributed by atoms with Crippen molar-refractivity contribution >= 4 is 23.4 Å². The number of benzene rings is 2. The lowest BCUT2D eigenvalue weighted by atomic mass is 10.2. The maximum Gasteiger partial charge on any atom is 0.234 e. The van der Waals surface area contributed by atoms with Crippen LogP contribution in [0.2, 0.25) is 0 Å². The third-order valence-electron chi connectivity index (χ3n) is 2.83. The van der Waals surface area contributed by atoms with E-state index in [0.717, 1.165) is 21.9 Å². The van der Waals surface area contributed by atoms with E-state index in [2.05, 4.69) is 5.32 Å². The number of anilines is 1. The van der Waals surface area contributed by atoms with Gasteiger partial charge in [0.05, 0.1) is 12.9 Å². The summed E-state index contributed by atoms with van der Waals surface area (Å²) in [5, 5.41) is 2.92. The van der Waals surface area contributed by atoms with E-state index in [-0.39, 0.29) is 5.91 Å². The molecule has 0 fully saturated rings. The number of hydrogen-bond acceptors (Lipinski definition) is 3. The molecule has 1 amide bonds. The number of hydrogen-bond donors (Lipinski definition) is 1. The van der Waals surface area contributed by atoms with E-state index in [1.165, 1.54) is 11.8 Å². The molecule has 20 heavy (non-hydrogen) atoms. The first-order chi connectivity index (χ1) is 9.69. The Balaban J connectivity index is 1.90. The highest BCUT2D eigenvalue weighted by molar-refractivity contribution is 8.00. The van der Waals surface area contributed by atoms with Crippen LogP contribution < -0.4 is 10.1 Å². The second-order valence-electron chi connectivity index (χ2n) is 4.33. The van der Waals surface area contributed by atoms with Crippen molar-refractivity contribution in [1.82, 2.24) is 0 Å². The number of methoxy groups -OCH3 is 1. The number of carbonyl (C=O) groups excluding carboxylic acids is 1. The predicted molar refractivity (Wildman–Crippen MR) is 83.5 cm³/mol. The number of nitrogens with one attached hydrogen (secondary N) is 1. The van der Waals surface area contributed by atoms with Crippen LogP contribution in [0, 0.1) is 6.92 Å². The summed E-state index contributed by atoms with van der Waals surface area (Å²) in [6.45, 7) is 1.98. The minimum Gasteiger partial charge on any atom is -0.497 e. The summed E-state index contributed by atoms with van der Waals surface area (Å²) >= 11 is 1.49. The SMILES string of the molecule is COc1cccc(SCC(=O)Nc2ccccc2C)c1. The molecule has 1 N–H and O–H groups in total. The van der Waals surface area contributed by atoms with Crippen LogP contribution >= 0.6 is 11.8 Å². The van der Waals surface area contributed by atoms with Gasteiger partial charge in [0, 0.05) is 10.6 Å². The zero-order valence-electron chi connectivity index (χ0n) is 11.6. The van der Waals surface area contributed by atoms with Gasteiger partial charge >= 0.3 is 0 Å². The molecule has 0 aromatic heterocycles. The molecule has 0 unspecified atom stereocenters. The van der Waals surface area contributed by atoms with Gasteiger partial charge in [0.2, 0.25) is 5.91 Å². The lowest BCUT2D eigenvalue weighted by Gasteiger charge is -2.08. The normalized spacial score (nSPS) is 10.1. The molecule has 0 atom stereocenters. The average molecular weight is 287 g/mol. The van der Waals surface area contributed by atoms with Crippen LogP contribution in [0.5, 0.6) is 5.75 Å². The number of carbonyl (C=O) groups is 1. The highest BCUT2D eigenvalue weighted by Gasteiger charge is 2.05. The molecule has 4 heteroatoms. The summed E-state index contributed by atoms with van der Waals surface area (Å²) in [4.78, 5) is 12.9. The third-order valence-corrected chi connectivity index (χ3v) is 3.82. The molecule has 0 aliphatic heterocycles. The van der Waals surface area contributed by atoms with E-state index in [1.807, 2.05) is 55.5 Å². The van der Waals surface area contributed by atoms with Crippen LogP contribution in [0.4, 0.5) is 5.69 Å². The average Bonchev–Trinajstić information content (AvgIpc) is 2.48. The lowest BCUT2D eigenvalue weighted by molar-refractivity contribution is -0.113. The highest BCUT2D eigenvalue weighted by Crippen LogP contribution is 2.23. The molecule has 2 aromatic carbocycles. The molecule has 0 bridgehead atoms. The second kappa shape index (κ2) is 7.01. The Hall–Kier alpha value is -1.94. The Morgan fingerprint density at radius 2 is 2.00 bits per heavy atom. The van der Waals surface area contributed by atoms with Gasteiger partial charge in [-0.1, -0.05) is 24.3 Å². The molecule has 0 radical (unpaired) electrons. The monoisotopic (exact) mass is 287 g/mol. The van der Waals surface area contributed by atoms with E-state index < -0.39 is 0 Å². The van der Waals surface area contributed by atoms with Crippen LogP contribution in [0.3, 0.4) is 0 Å².